The Morgan fingerprint density at radius 1 is 1.00 bits per heavy atom. The van der Waals surface area contributed by atoms with Gasteiger partial charge in [0.2, 0.25) is 5.52 Å². The largest absolute Gasteiger partial charge is 1.00 e. The monoisotopic (exact) mass is 383 g/mol. The molecule has 0 saturated carbocycles. The first-order valence-corrected chi connectivity index (χ1v) is 7.64. The highest BCUT2D eigenvalue weighted by Crippen LogP contribution is 2.34. The van der Waals surface area contributed by atoms with Crippen LogP contribution in [0.25, 0.3) is 27.1 Å². The van der Waals surface area contributed by atoms with Crippen LogP contribution in [0.4, 0.5) is 0 Å². The van der Waals surface area contributed by atoms with Gasteiger partial charge in [-0.05, 0) is 47.9 Å². The van der Waals surface area contributed by atoms with E-state index < -0.39 is 0 Å². The van der Waals surface area contributed by atoms with Crippen LogP contribution in [0.5, 0.6) is 11.5 Å². The Kier molecular flexibility index (Phi) is 4.10. The number of aromatic nitrogens is 1. The Labute approximate surface area is 150 Å². The number of benzene rings is 2. The molecule has 2 heterocycles. The molecule has 1 N–H and O–H groups in total. The molecule has 0 spiro atoms. The number of aromatic hydroxyl groups is 1. The van der Waals surface area contributed by atoms with E-state index in [1.54, 1.807) is 13.2 Å². The molecule has 0 unspecified atom stereocenters. The molecular formula is C20H18BrNO2. The highest BCUT2D eigenvalue weighted by Gasteiger charge is 2.16. The molecule has 0 radical (unpaired) electrons. The predicted molar refractivity (Wildman–Crippen MR) is 92.3 cm³/mol. The van der Waals surface area contributed by atoms with Gasteiger partial charge in [0, 0.05) is 12.1 Å². The normalized spacial score (nSPS) is 11.0. The van der Waals surface area contributed by atoms with E-state index in [1.165, 1.54) is 21.9 Å². The molecule has 24 heavy (non-hydrogen) atoms. The lowest BCUT2D eigenvalue weighted by atomic mass is 9.99. The van der Waals surface area contributed by atoms with Crippen molar-refractivity contribution in [2.24, 2.45) is 0 Å². The number of phenolic OH excluding ortho intramolecular Hbond substituents is 1. The van der Waals surface area contributed by atoms with Gasteiger partial charge in [-0.2, -0.15) is 4.40 Å². The average Bonchev–Trinajstić information content (AvgIpc) is 2.57. The van der Waals surface area contributed by atoms with Crippen LogP contribution < -0.4 is 26.1 Å². The maximum Gasteiger partial charge on any atom is 0.219 e. The lowest BCUT2D eigenvalue weighted by Gasteiger charge is -2.08. The molecule has 122 valence electrons. The fourth-order valence-corrected chi connectivity index (χ4v) is 3.26. The van der Waals surface area contributed by atoms with Crippen molar-refractivity contribution >= 4 is 27.1 Å². The molecule has 4 aromatic rings. The molecule has 2 aromatic carbocycles. The molecule has 0 saturated heterocycles. The smallest absolute Gasteiger partial charge is 0.219 e. The van der Waals surface area contributed by atoms with Crippen molar-refractivity contribution in [2.45, 2.75) is 13.8 Å². The third kappa shape index (κ3) is 2.29. The summed E-state index contributed by atoms with van der Waals surface area (Å²) >= 11 is 0. The third-order valence-corrected chi connectivity index (χ3v) is 4.71. The fraction of sp³-hybridized carbons (Fsp3) is 0.150. The standard InChI is InChI=1S/C20H17NO2.BrH/c1-12-4-5-14-8-9-21-11-16-15(6-7-18(23-3)20(16)22)10-17(21)19(14)13(12)2;/h4-11H,1-3H3;1H. The maximum atomic E-state index is 10.4. The van der Waals surface area contributed by atoms with Gasteiger partial charge in [0.1, 0.15) is 0 Å². The minimum absolute atomic E-state index is 0. The van der Waals surface area contributed by atoms with E-state index in [4.69, 9.17) is 4.74 Å². The first kappa shape index (κ1) is 16.5. The van der Waals surface area contributed by atoms with E-state index in [0.717, 1.165) is 16.3 Å². The summed E-state index contributed by atoms with van der Waals surface area (Å²) in [6, 6.07) is 12.3. The predicted octanol–water partition coefficient (Wildman–Crippen LogP) is 1.07. The third-order valence-electron chi connectivity index (χ3n) is 4.71. The van der Waals surface area contributed by atoms with Crippen LogP contribution in [-0.4, -0.2) is 12.2 Å². The van der Waals surface area contributed by atoms with E-state index in [2.05, 4.69) is 42.5 Å². The van der Waals surface area contributed by atoms with Crippen molar-refractivity contribution in [2.75, 3.05) is 7.11 Å². The van der Waals surface area contributed by atoms with Gasteiger partial charge in [-0.25, -0.2) is 0 Å². The SMILES string of the molecule is COc1ccc2cc3c4c(C)c(C)ccc4cc[n+]3cc2c1O.[Br-]. The van der Waals surface area contributed by atoms with Crippen LogP contribution in [0.2, 0.25) is 0 Å². The van der Waals surface area contributed by atoms with Crippen LogP contribution >= 0.6 is 0 Å². The molecule has 0 atom stereocenters. The first-order valence-electron chi connectivity index (χ1n) is 7.64. The number of halogens is 1. The zero-order valence-corrected chi connectivity index (χ0v) is 15.4. The van der Waals surface area contributed by atoms with Gasteiger partial charge < -0.3 is 26.8 Å². The number of rotatable bonds is 1. The number of aryl methyl sites for hydroxylation is 2. The quantitative estimate of drug-likeness (QED) is 0.303. The Morgan fingerprint density at radius 3 is 2.50 bits per heavy atom. The van der Waals surface area contributed by atoms with Gasteiger partial charge in [0.15, 0.2) is 23.9 Å². The molecule has 2 aromatic heterocycles. The van der Waals surface area contributed by atoms with Gasteiger partial charge in [-0.15, -0.1) is 0 Å². The van der Waals surface area contributed by atoms with Crippen molar-refractivity contribution in [3.05, 3.63) is 59.9 Å². The fourth-order valence-electron chi connectivity index (χ4n) is 3.26. The van der Waals surface area contributed by atoms with Crippen molar-refractivity contribution in [1.82, 2.24) is 0 Å². The van der Waals surface area contributed by atoms with Crippen LogP contribution in [-0.2, 0) is 0 Å². The minimum atomic E-state index is 0. The average molecular weight is 384 g/mol. The summed E-state index contributed by atoms with van der Waals surface area (Å²) in [5.74, 6) is 0.672. The Bertz CT molecular complexity index is 1090. The summed E-state index contributed by atoms with van der Waals surface area (Å²) < 4.78 is 7.28. The molecule has 0 aliphatic carbocycles. The number of ether oxygens (including phenoxy) is 1. The second-order valence-electron chi connectivity index (χ2n) is 5.97. The first-order chi connectivity index (χ1) is 11.1. The highest BCUT2D eigenvalue weighted by atomic mass is 79.9. The number of nitrogens with zero attached hydrogens (tertiary/aromatic N) is 1. The molecular weight excluding hydrogens is 366 g/mol. The number of hydrogen-bond acceptors (Lipinski definition) is 2. The van der Waals surface area contributed by atoms with Crippen LogP contribution in [0, 0.1) is 13.8 Å². The van der Waals surface area contributed by atoms with E-state index in [9.17, 15) is 5.11 Å². The van der Waals surface area contributed by atoms with Crippen LogP contribution in [0.15, 0.2) is 48.8 Å². The van der Waals surface area contributed by atoms with Gasteiger partial charge in [-0.1, -0.05) is 12.1 Å². The van der Waals surface area contributed by atoms with Crippen LogP contribution in [0.3, 0.4) is 0 Å². The minimum Gasteiger partial charge on any atom is -1.00 e. The molecule has 0 amide bonds. The molecule has 0 fully saturated rings. The van der Waals surface area contributed by atoms with Gasteiger partial charge in [-0.3, -0.25) is 0 Å². The topological polar surface area (TPSA) is 33.6 Å². The summed E-state index contributed by atoms with van der Waals surface area (Å²) in [7, 11) is 1.56. The maximum absolute atomic E-state index is 10.4. The van der Waals surface area contributed by atoms with Crippen molar-refractivity contribution < 1.29 is 31.2 Å². The highest BCUT2D eigenvalue weighted by molar-refractivity contribution is 6.01. The van der Waals surface area contributed by atoms with Crippen LogP contribution in [0.1, 0.15) is 11.1 Å². The van der Waals surface area contributed by atoms with Gasteiger partial charge in [0.25, 0.3) is 0 Å². The van der Waals surface area contributed by atoms with E-state index >= 15 is 0 Å². The zero-order chi connectivity index (χ0) is 16.1. The summed E-state index contributed by atoms with van der Waals surface area (Å²) in [5.41, 5.74) is 3.71. The number of hydrogen-bond donors (Lipinski definition) is 1. The lowest BCUT2D eigenvalue weighted by molar-refractivity contribution is -0.509. The Hall–Kier alpha value is -2.33. The van der Waals surface area contributed by atoms with Crippen molar-refractivity contribution in [1.29, 1.82) is 0 Å². The van der Waals surface area contributed by atoms with Crippen molar-refractivity contribution in [3.8, 4) is 11.5 Å². The molecule has 0 aliphatic heterocycles. The summed E-state index contributed by atoms with van der Waals surface area (Å²) in [6.45, 7) is 4.30. The molecule has 4 rings (SSSR count). The molecule has 3 nitrogen and oxygen atoms in total. The molecule has 4 heteroatoms. The van der Waals surface area contributed by atoms with Gasteiger partial charge in [0.05, 0.1) is 17.9 Å². The van der Waals surface area contributed by atoms with Gasteiger partial charge >= 0.3 is 0 Å². The number of pyridine rings is 2. The second-order valence-corrected chi connectivity index (χ2v) is 5.97. The molecule has 0 aliphatic rings. The number of methoxy groups -OCH3 is 1. The van der Waals surface area contributed by atoms with E-state index in [-0.39, 0.29) is 22.7 Å². The zero-order valence-electron chi connectivity index (χ0n) is 13.8. The lowest BCUT2D eigenvalue weighted by Crippen LogP contribution is -3.00. The number of fused-ring (bicyclic) bond motifs is 4. The summed E-state index contributed by atoms with van der Waals surface area (Å²) in [5, 5.41) is 14.6. The second kappa shape index (κ2) is 5.95. The Balaban J connectivity index is 0.00000169. The van der Waals surface area contributed by atoms with Crippen molar-refractivity contribution in [3.63, 3.8) is 0 Å². The summed E-state index contributed by atoms with van der Waals surface area (Å²) in [6.07, 6.45) is 3.99. The summed E-state index contributed by atoms with van der Waals surface area (Å²) in [4.78, 5) is 0. The van der Waals surface area contributed by atoms with E-state index in [0.29, 0.717) is 5.75 Å². The molecule has 0 bridgehead atoms. The van der Waals surface area contributed by atoms with E-state index in [1.807, 2.05) is 18.5 Å². The number of phenols is 1. The Morgan fingerprint density at radius 2 is 1.75 bits per heavy atom.